The highest BCUT2D eigenvalue weighted by atomic mass is 19.2. The molecular formula is C19H9F5N2O3. The van der Waals surface area contributed by atoms with Gasteiger partial charge in [-0.3, -0.25) is 5.43 Å². The zero-order valence-corrected chi connectivity index (χ0v) is 14.2. The fourth-order valence-corrected chi connectivity index (χ4v) is 2.73. The lowest BCUT2D eigenvalue weighted by atomic mass is 10.0. The maximum Gasteiger partial charge on any atom is 0.338 e. The zero-order valence-electron chi connectivity index (χ0n) is 14.2. The Hall–Kier alpha value is -3.69. The van der Waals surface area contributed by atoms with Crippen molar-refractivity contribution in [3.63, 3.8) is 0 Å². The van der Waals surface area contributed by atoms with Crippen molar-refractivity contribution in [1.29, 1.82) is 0 Å². The number of hydrazone groups is 1. The van der Waals surface area contributed by atoms with Gasteiger partial charge in [0.1, 0.15) is 23.8 Å². The minimum absolute atomic E-state index is 0.143. The maximum absolute atomic E-state index is 13.6. The summed E-state index contributed by atoms with van der Waals surface area (Å²) < 4.78 is 76.9. The molecule has 1 aliphatic rings. The van der Waals surface area contributed by atoms with Gasteiger partial charge in [0.05, 0.1) is 11.8 Å². The molecule has 0 unspecified atom stereocenters. The summed E-state index contributed by atoms with van der Waals surface area (Å²) in [6, 6.07) is 8.03. The Morgan fingerprint density at radius 3 is 2.34 bits per heavy atom. The maximum atomic E-state index is 13.6. The van der Waals surface area contributed by atoms with E-state index in [0.717, 1.165) is 6.21 Å². The molecule has 29 heavy (non-hydrogen) atoms. The third kappa shape index (κ3) is 3.22. The number of cyclic esters (lactones) is 1. The molecule has 1 aliphatic heterocycles. The van der Waals surface area contributed by atoms with Crippen molar-refractivity contribution in [3.05, 3.63) is 76.3 Å². The van der Waals surface area contributed by atoms with Crippen molar-refractivity contribution < 1.29 is 35.9 Å². The zero-order chi connectivity index (χ0) is 20.7. The third-order valence-electron chi connectivity index (χ3n) is 4.17. The van der Waals surface area contributed by atoms with Crippen LogP contribution in [-0.2, 0) is 11.3 Å². The number of halogens is 5. The lowest BCUT2D eigenvalue weighted by molar-refractivity contribution is 0.0535. The molecule has 0 bridgehead atoms. The van der Waals surface area contributed by atoms with Gasteiger partial charge in [0.15, 0.2) is 23.3 Å². The first-order valence-corrected chi connectivity index (χ1v) is 8.07. The van der Waals surface area contributed by atoms with Crippen LogP contribution in [0.4, 0.5) is 27.6 Å². The highest BCUT2D eigenvalue weighted by molar-refractivity contribution is 5.94. The molecule has 148 valence electrons. The molecular weight excluding hydrogens is 399 g/mol. The quantitative estimate of drug-likeness (QED) is 0.169. The fraction of sp³-hybridized carbons (Fsp3) is 0.0526. The normalized spacial score (nSPS) is 13.1. The second-order valence-electron chi connectivity index (χ2n) is 5.96. The van der Waals surface area contributed by atoms with Crippen LogP contribution >= 0.6 is 0 Å². The molecule has 0 saturated carbocycles. The molecule has 5 nitrogen and oxygen atoms in total. The van der Waals surface area contributed by atoms with Crippen molar-refractivity contribution in [2.45, 2.75) is 6.61 Å². The number of hydrogen-bond acceptors (Lipinski definition) is 5. The Morgan fingerprint density at radius 1 is 0.931 bits per heavy atom. The van der Waals surface area contributed by atoms with Gasteiger partial charge in [0, 0.05) is 11.1 Å². The first kappa shape index (κ1) is 18.7. The molecule has 0 fully saturated rings. The largest absolute Gasteiger partial charge is 0.457 e. The van der Waals surface area contributed by atoms with Crippen LogP contribution in [0.5, 0.6) is 0 Å². The van der Waals surface area contributed by atoms with E-state index in [1.165, 1.54) is 6.07 Å². The van der Waals surface area contributed by atoms with E-state index in [9.17, 15) is 26.7 Å². The smallest absolute Gasteiger partial charge is 0.338 e. The summed E-state index contributed by atoms with van der Waals surface area (Å²) in [6.45, 7) is 0.156. The second-order valence-corrected chi connectivity index (χ2v) is 5.96. The van der Waals surface area contributed by atoms with Gasteiger partial charge in [-0.25, -0.2) is 26.7 Å². The second kappa shape index (κ2) is 7.04. The van der Waals surface area contributed by atoms with Gasteiger partial charge >= 0.3 is 5.97 Å². The van der Waals surface area contributed by atoms with E-state index >= 15 is 0 Å². The van der Waals surface area contributed by atoms with Crippen LogP contribution in [0.15, 0.2) is 39.9 Å². The summed E-state index contributed by atoms with van der Waals surface area (Å²) in [5.41, 5.74) is 2.32. The standard InChI is InChI=1S/C19H9F5N2O3/c20-13-14(21)16(23)18(17(24)15(13)22)26-25-6-10-2-4-12(29-10)8-1-3-11-9(5-8)7-28-19(11)27/h1-6,26H,7H2/b25-6-. The van der Waals surface area contributed by atoms with Gasteiger partial charge in [0.25, 0.3) is 0 Å². The van der Waals surface area contributed by atoms with Gasteiger partial charge in [-0.05, 0) is 24.3 Å². The summed E-state index contributed by atoms with van der Waals surface area (Å²) in [5, 5.41) is 3.45. The van der Waals surface area contributed by atoms with E-state index in [-0.39, 0.29) is 12.4 Å². The van der Waals surface area contributed by atoms with Crippen LogP contribution in [0.3, 0.4) is 0 Å². The van der Waals surface area contributed by atoms with Crippen LogP contribution in [-0.4, -0.2) is 12.2 Å². The van der Waals surface area contributed by atoms with Crippen molar-refractivity contribution >= 4 is 17.9 Å². The number of benzene rings is 2. The number of nitrogens with one attached hydrogen (secondary N) is 1. The van der Waals surface area contributed by atoms with Gasteiger partial charge in [-0.1, -0.05) is 6.07 Å². The average Bonchev–Trinajstić information content (AvgIpc) is 3.34. The van der Waals surface area contributed by atoms with Gasteiger partial charge in [0.2, 0.25) is 5.82 Å². The Kier molecular flexibility index (Phi) is 4.53. The predicted molar refractivity (Wildman–Crippen MR) is 90.7 cm³/mol. The molecule has 0 atom stereocenters. The van der Waals surface area contributed by atoms with E-state index in [2.05, 4.69) is 5.10 Å². The Morgan fingerprint density at radius 2 is 1.62 bits per heavy atom. The van der Waals surface area contributed by atoms with Crippen molar-refractivity contribution in [3.8, 4) is 11.3 Å². The Balaban J connectivity index is 1.54. The fourth-order valence-electron chi connectivity index (χ4n) is 2.73. The summed E-state index contributed by atoms with van der Waals surface area (Å²) in [5.74, 6) is -10.3. The van der Waals surface area contributed by atoms with E-state index in [4.69, 9.17) is 9.15 Å². The summed E-state index contributed by atoms with van der Waals surface area (Å²) in [4.78, 5) is 11.5. The minimum atomic E-state index is -2.26. The molecule has 2 aromatic carbocycles. The summed E-state index contributed by atoms with van der Waals surface area (Å²) in [7, 11) is 0. The average molecular weight is 408 g/mol. The van der Waals surface area contributed by atoms with Crippen LogP contribution in [0.1, 0.15) is 21.7 Å². The first-order chi connectivity index (χ1) is 13.9. The predicted octanol–water partition coefficient (Wildman–Crippen LogP) is 4.76. The van der Waals surface area contributed by atoms with Gasteiger partial charge in [-0.2, -0.15) is 5.10 Å². The number of esters is 1. The number of rotatable bonds is 4. The third-order valence-corrected chi connectivity index (χ3v) is 4.17. The number of anilines is 1. The van der Waals surface area contributed by atoms with Crippen LogP contribution in [0.2, 0.25) is 0 Å². The van der Waals surface area contributed by atoms with Crippen molar-refractivity contribution in [2.75, 3.05) is 5.43 Å². The van der Waals surface area contributed by atoms with Crippen molar-refractivity contribution in [2.24, 2.45) is 5.10 Å². The summed E-state index contributed by atoms with van der Waals surface area (Å²) in [6.07, 6.45) is 1.00. The SMILES string of the molecule is O=C1OCc2cc(-c3ccc(/C=N\Nc4c(F)c(F)c(F)c(F)c4F)o3)ccc21. The number of carbonyl (C=O) groups is 1. The molecule has 2 heterocycles. The van der Waals surface area contributed by atoms with Gasteiger partial charge in [-0.15, -0.1) is 0 Å². The number of hydrogen-bond donors (Lipinski definition) is 1. The van der Waals surface area contributed by atoms with E-state index in [1.807, 2.05) is 0 Å². The number of carbonyl (C=O) groups excluding carboxylic acids is 1. The molecule has 0 saturated heterocycles. The van der Waals surface area contributed by atoms with Crippen molar-refractivity contribution in [1.82, 2.24) is 0 Å². The molecule has 0 spiro atoms. The molecule has 0 radical (unpaired) electrons. The van der Waals surface area contributed by atoms with Crippen LogP contribution < -0.4 is 5.43 Å². The Bertz CT molecular complexity index is 1140. The topological polar surface area (TPSA) is 63.8 Å². The number of furan rings is 1. The molecule has 4 rings (SSSR count). The summed E-state index contributed by atoms with van der Waals surface area (Å²) >= 11 is 0. The molecule has 0 aliphatic carbocycles. The number of ether oxygens (including phenoxy) is 1. The monoisotopic (exact) mass is 408 g/mol. The van der Waals surface area contributed by atoms with E-state index in [0.29, 0.717) is 22.5 Å². The number of fused-ring (bicyclic) bond motifs is 1. The van der Waals surface area contributed by atoms with E-state index < -0.39 is 40.7 Å². The molecule has 1 aromatic heterocycles. The Labute approximate surface area is 159 Å². The molecule has 3 aromatic rings. The lowest BCUT2D eigenvalue weighted by Gasteiger charge is -2.06. The highest BCUT2D eigenvalue weighted by Crippen LogP contribution is 2.29. The first-order valence-electron chi connectivity index (χ1n) is 8.07. The lowest BCUT2D eigenvalue weighted by Crippen LogP contribution is -2.06. The van der Waals surface area contributed by atoms with Gasteiger partial charge < -0.3 is 9.15 Å². The molecule has 0 amide bonds. The number of nitrogens with zero attached hydrogens (tertiary/aromatic N) is 1. The molecule has 1 N–H and O–H groups in total. The molecule has 10 heteroatoms. The highest BCUT2D eigenvalue weighted by Gasteiger charge is 2.25. The van der Waals surface area contributed by atoms with Crippen LogP contribution in [0.25, 0.3) is 11.3 Å². The minimum Gasteiger partial charge on any atom is -0.457 e. The van der Waals surface area contributed by atoms with E-state index in [1.54, 1.807) is 29.7 Å². The van der Waals surface area contributed by atoms with Crippen LogP contribution in [0, 0.1) is 29.1 Å².